The summed E-state index contributed by atoms with van der Waals surface area (Å²) in [5.74, 6) is 0.420. The lowest BCUT2D eigenvalue weighted by Crippen LogP contribution is -2.19. The van der Waals surface area contributed by atoms with Crippen LogP contribution in [0.25, 0.3) is 0 Å². The maximum atomic E-state index is 11.8. The van der Waals surface area contributed by atoms with Gasteiger partial charge in [0, 0.05) is 11.8 Å². The van der Waals surface area contributed by atoms with Crippen LogP contribution in [-0.4, -0.2) is 5.78 Å². The van der Waals surface area contributed by atoms with E-state index in [1.54, 1.807) is 0 Å². The van der Waals surface area contributed by atoms with Crippen LogP contribution >= 0.6 is 0 Å². The highest BCUT2D eigenvalue weighted by Crippen LogP contribution is 2.19. The summed E-state index contributed by atoms with van der Waals surface area (Å²) in [7, 11) is 0. The van der Waals surface area contributed by atoms with Crippen LogP contribution in [0.15, 0.2) is 12.2 Å². The first-order chi connectivity index (χ1) is 13.0. The number of hydrogen-bond acceptors (Lipinski definition) is 1. The molecular formula is C26H50O. The molecule has 1 heteroatoms. The minimum Gasteiger partial charge on any atom is -0.299 e. The largest absolute Gasteiger partial charge is 0.299 e. The number of allylic oxidation sites excluding steroid dienone is 2. The second-order valence-electron chi connectivity index (χ2n) is 9.42. The number of Topliss-reactive ketones (excluding diaryl/α,β-unsaturated/α-hetero) is 1. The average Bonchev–Trinajstić information content (AvgIpc) is 2.62. The normalized spacial score (nSPS) is 12.1. The lowest BCUT2D eigenvalue weighted by atomic mass is 9.88. The van der Waals surface area contributed by atoms with Gasteiger partial charge in [-0.1, -0.05) is 117 Å². The molecule has 0 radical (unpaired) electrons. The molecule has 0 saturated heterocycles. The fourth-order valence-corrected chi connectivity index (χ4v) is 3.44. The number of ketones is 1. The number of carbonyl (C=O) groups excluding carboxylic acids is 1. The Bertz CT molecular complexity index is 348. The topological polar surface area (TPSA) is 17.1 Å². The molecule has 0 rings (SSSR count). The Balaban J connectivity index is 3.19. The summed E-state index contributed by atoms with van der Waals surface area (Å²) in [5.41, 5.74) is -0.149. The second kappa shape index (κ2) is 18.8. The molecule has 0 spiro atoms. The molecule has 0 aromatic rings. The molecule has 0 amide bonds. The first-order valence-electron chi connectivity index (χ1n) is 12.2. The predicted octanol–water partition coefficient (Wildman–Crippen LogP) is 9.20. The summed E-state index contributed by atoms with van der Waals surface area (Å²) in [6.07, 6.45) is 28.4. The zero-order valence-electron chi connectivity index (χ0n) is 19.3. The van der Waals surface area contributed by atoms with Gasteiger partial charge in [-0.2, -0.15) is 0 Å². The molecular weight excluding hydrogens is 328 g/mol. The van der Waals surface area contributed by atoms with E-state index in [9.17, 15) is 4.79 Å². The minimum absolute atomic E-state index is 0.149. The van der Waals surface area contributed by atoms with E-state index in [1.165, 1.54) is 103 Å². The maximum absolute atomic E-state index is 11.8. The van der Waals surface area contributed by atoms with Gasteiger partial charge in [0.2, 0.25) is 0 Å². The van der Waals surface area contributed by atoms with Crippen LogP contribution in [0.1, 0.15) is 143 Å². The molecule has 160 valence electrons. The van der Waals surface area contributed by atoms with Crippen molar-refractivity contribution in [3.8, 4) is 0 Å². The van der Waals surface area contributed by atoms with Gasteiger partial charge in [0.15, 0.2) is 0 Å². The van der Waals surface area contributed by atoms with E-state index in [0.717, 1.165) is 12.8 Å². The molecule has 1 nitrogen and oxygen atoms in total. The van der Waals surface area contributed by atoms with E-state index in [-0.39, 0.29) is 5.41 Å². The Hall–Kier alpha value is -0.590. The SMILES string of the molecule is CCCCCCCC/C=C/CCCCCCCCCCCC(=O)C(C)(C)C. The molecule has 27 heavy (non-hydrogen) atoms. The predicted molar refractivity (Wildman–Crippen MR) is 122 cm³/mol. The Labute approximate surface area is 171 Å². The van der Waals surface area contributed by atoms with Crippen molar-refractivity contribution in [2.75, 3.05) is 0 Å². The van der Waals surface area contributed by atoms with E-state index in [2.05, 4.69) is 19.1 Å². The zero-order chi connectivity index (χ0) is 20.2. The molecule has 0 aliphatic carbocycles. The third-order valence-electron chi connectivity index (χ3n) is 5.50. The summed E-state index contributed by atoms with van der Waals surface area (Å²) >= 11 is 0. The van der Waals surface area contributed by atoms with Gasteiger partial charge < -0.3 is 0 Å². The summed E-state index contributed by atoms with van der Waals surface area (Å²) < 4.78 is 0. The number of rotatable bonds is 19. The minimum atomic E-state index is -0.149. The third-order valence-corrected chi connectivity index (χ3v) is 5.50. The van der Waals surface area contributed by atoms with Crippen molar-refractivity contribution in [1.29, 1.82) is 0 Å². The standard InChI is InChI=1S/C26H50O/c1-5-6-7-8-9-10-11-12-13-14-15-16-17-18-19-20-21-22-23-24-25(27)26(2,3)4/h12-13H,5-11,14-24H2,1-4H3/b13-12+. The van der Waals surface area contributed by atoms with Crippen molar-refractivity contribution in [2.45, 2.75) is 143 Å². The molecule has 0 heterocycles. The smallest absolute Gasteiger partial charge is 0.138 e. The molecule has 0 aromatic heterocycles. The van der Waals surface area contributed by atoms with E-state index < -0.39 is 0 Å². The van der Waals surface area contributed by atoms with Crippen LogP contribution in [0, 0.1) is 5.41 Å². The molecule has 0 saturated carbocycles. The van der Waals surface area contributed by atoms with Crippen molar-refractivity contribution in [3.05, 3.63) is 12.2 Å². The number of carbonyl (C=O) groups is 1. The highest BCUT2D eigenvalue weighted by molar-refractivity contribution is 5.83. The quantitative estimate of drug-likeness (QED) is 0.162. The lowest BCUT2D eigenvalue weighted by molar-refractivity contribution is -0.126. The van der Waals surface area contributed by atoms with Crippen molar-refractivity contribution >= 4 is 5.78 Å². The molecule has 0 unspecified atom stereocenters. The van der Waals surface area contributed by atoms with Crippen LogP contribution in [0.3, 0.4) is 0 Å². The van der Waals surface area contributed by atoms with Gasteiger partial charge in [0.25, 0.3) is 0 Å². The molecule has 0 aromatic carbocycles. The number of unbranched alkanes of at least 4 members (excludes halogenated alkanes) is 15. The Kier molecular flexibility index (Phi) is 18.3. The van der Waals surface area contributed by atoms with Crippen LogP contribution in [0.2, 0.25) is 0 Å². The van der Waals surface area contributed by atoms with Gasteiger partial charge in [-0.15, -0.1) is 0 Å². The molecule has 0 aliphatic heterocycles. The van der Waals surface area contributed by atoms with Crippen molar-refractivity contribution in [1.82, 2.24) is 0 Å². The molecule has 0 fully saturated rings. The van der Waals surface area contributed by atoms with Gasteiger partial charge in [-0.3, -0.25) is 4.79 Å². The van der Waals surface area contributed by atoms with Crippen molar-refractivity contribution in [2.24, 2.45) is 5.41 Å². The Morgan fingerprint density at radius 3 is 1.37 bits per heavy atom. The van der Waals surface area contributed by atoms with Crippen LogP contribution in [0.5, 0.6) is 0 Å². The van der Waals surface area contributed by atoms with E-state index >= 15 is 0 Å². The van der Waals surface area contributed by atoms with Crippen LogP contribution in [0.4, 0.5) is 0 Å². The molecule has 0 aliphatic rings. The van der Waals surface area contributed by atoms with Crippen LogP contribution in [-0.2, 0) is 4.79 Å². The lowest BCUT2D eigenvalue weighted by Gasteiger charge is -2.16. The first kappa shape index (κ1) is 26.4. The summed E-state index contributed by atoms with van der Waals surface area (Å²) in [6, 6.07) is 0. The second-order valence-corrected chi connectivity index (χ2v) is 9.42. The third kappa shape index (κ3) is 20.0. The highest BCUT2D eigenvalue weighted by atomic mass is 16.1. The maximum Gasteiger partial charge on any atom is 0.138 e. The van der Waals surface area contributed by atoms with Crippen molar-refractivity contribution < 1.29 is 4.79 Å². The van der Waals surface area contributed by atoms with Crippen molar-refractivity contribution in [3.63, 3.8) is 0 Å². The van der Waals surface area contributed by atoms with Crippen LogP contribution < -0.4 is 0 Å². The van der Waals surface area contributed by atoms with E-state index in [1.807, 2.05) is 20.8 Å². The Morgan fingerprint density at radius 1 is 0.593 bits per heavy atom. The average molecular weight is 379 g/mol. The van der Waals surface area contributed by atoms with E-state index in [4.69, 9.17) is 0 Å². The van der Waals surface area contributed by atoms with Gasteiger partial charge in [0.05, 0.1) is 0 Å². The van der Waals surface area contributed by atoms with Gasteiger partial charge >= 0.3 is 0 Å². The number of hydrogen-bond donors (Lipinski definition) is 0. The molecule has 0 bridgehead atoms. The Morgan fingerprint density at radius 2 is 0.963 bits per heavy atom. The monoisotopic (exact) mass is 378 g/mol. The summed E-state index contributed by atoms with van der Waals surface area (Å²) in [5, 5.41) is 0. The van der Waals surface area contributed by atoms with E-state index in [0.29, 0.717) is 5.78 Å². The molecule has 0 N–H and O–H groups in total. The summed E-state index contributed by atoms with van der Waals surface area (Å²) in [6.45, 7) is 8.37. The molecule has 0 atom stereocenters. The van der Waals surface area contributed by atoms with Gasteiger partial charge in [-0.25, -0.2) is 0 Å². The zero-order valence-corrected chi connectivity index (χ0v) is 19.3. The first-order valence-corrected chi connectivity index (χ1v) is 12.2. The van der Waals surface area contributed by atoms with Gasteiger partial charge in [-0.05, 0) is 32.1 Å². The fraction of sp³-hybridized carbons (Fsp3) is 0.885. The highest BCUT2D eigenvalue weighted by Gasteiger charge is 2.19. The van der Waals surface area contributed by atoms with Gasteiger partial charge in [0.1, 0.15) is 5.78 Å². The summed E-state index contributed by atoms with van der Waals surface area (Å²) in [4.78, 5) is 11.8. The fourth-order valence-electron chi connectivity index (χ4n) is 3.44.